The molecular formula is C11H15N5O3. The van der Waals surface area contributed by atoms with Crippen molar-refractivity contribution >= 4 is 16.9 Å². The summed E-state index contributed by atoms with van der Waals surface area (Å²) >= 11 is 0. The van der Waals surface area contributed by atoms with E-state index >= 15 is 0 Å². The van der Waals surface area contributed by atoms with Gasteiger partial charge in [-0.15, -0.1) is 0 Å². The first-order valence-corrected chi connectivity index (χ1v) is 5.94. The zero-order valence-corrected chi connectivity index (χ0v) is 9.98. The van der Waals surface area contributed by atoms with E-state index in [9.17, 15) is 10.2 Å². The maximum atomic E-state index is 10.0. The normalized spacial score (nSPS) is 31.1. The molecule has 2 aromatic rings. The van der Waals surface area contributed by atoms with E-state index in [1.165, 1.54) is 6.33 Å². The third kappa shape index (κ3) is 1.77. The lowest BCUT2D eigenvalue weighted by Gasteiger charge is -2.14. The molecule has 0 spiro atoms. The van der Waals surface area contributed by atoms with Gasteiger partial charge in [0, 0.05) is 11.8 Å². The molecule has 8 heteroatoms. The van der Waals surface area contributed by atoms with Crippen LogP contribution in [0.25, 0.3) is 11.0 Å². The molecule has 7 N–H and O–H groups in total. The Bertz CT molecular complexity index is 601. The number of nitrogen functional groups attached to an aromatic ring is 1. The Morgan fingerprint density at radius 1 is 1.26 bits per heavy atom. The molecule has 0 aromatic carbocycles. The minimum atomic E-state index is -1.03. The quantitative estimate of drug-likeness (QED) is 0.379. The first kappa shape index (κ1) is 12.3. The first-order valence-electron chi connectivity index (χ1n) is 5.94. The van der Waals surface area contributed by atoms with Gasteiger partial charge < -0.3 is 31.4 Å². The predicted molar refractivity (Wildman–Crippen MR) is 67.1 cm³/mol. The van der Waals surface area contributed by atoms with Crippen molar-refractivity contribution in [3.8, 4) is 0 Å². The van der Waals surface area contributed by atoms with Crippen LogP contribution in [0.3, 0.4) is 0 Å². The van der Waals surface area contributed by atoms with Crippen LogP contribution in [-0.2, 0) is 0 Å². The molecule has 19 heavy (non-hydrogen) atoms. The summed E-state index contributed by atoms with van der Waals surface area (Å²) in [5.41, 5.74) is 7.60. The van der Waals surface area contributed by atoms with Gasteiger partial charge in [-0.3, -0.25) is 0 Å². The molecule has 0 bridgehead atoms. The van der Waals surface area contributed by atoms with E-state index in [4.69, 9.17) is 10.8 Å². The number of aromatic nitrogens is 3. The van der Waals surface area contributed by atoms with E-state index in [1.807, 2.05) is 0 Å². The van der Waals surface area contributed by atoms with Gasteiger partial charge >= 0.3 is 0 Å². The lowest BCUT2D eigenvalue weighted by Crippen LogP contribution is -2.35. The van der Waals surface area contributed by atoms with Crippen LogP contribution < -0.4 is 11.1 Å². The first-order chi connectivity index (χ1) is 9.13. The molecule has 3 rings (SSSR count). The molecule has 1 saturated heterocycles. The summed E-state index contributed by atoms with van der Waals surface area (Å²) in [5.74, 6) is 0.322. The van der Waals surface area contributed by atoms with Crippen LogP contribution in [0, 0.1) is 0 Å². The minimum Gasteiger partial charge on any atom is -0.395 e. The molecule has 0 aliphatic carbocycles. The molecule has 0 amide bonds. The maximum absolute atomic E-state index is 10.0. The van der Waals surface area contributed by atoms with Crippen molar-refractivity contribution in [2.24, 2.45) is 0 Å². The van der Waals surface area contributed by atoms with Gasteiger partial charge in [0.15, 0.2) is 5.82 Å². The molecule has 1 aliphatic heterocycles. The van der Waals surface area contributed by atoms with Crippen molar-refractivity contribution < 1.29 is 15.3 Å². The standard InChI is InChI=1S/C11H15N5O3/c12-11-8-6(14-3-15-11)4(1-13-8)7-10(19)9(18)5(2-17)16-7/h1,3,5,7,9-10,13,16-19H,2H2,(H2,12,14,15)/t5-,7?,9-,10?/m1/s1. The summed E-state index contributed by atoms with van der Waals surface area (Å²) in [6.07, 6.45) is 0.964. The minimum absolute atomic E-state index is 0.256. The molecular weight excluding hydrogens is 250 g/mol. The Balaban J connectivity index is 2.04. The Morgan fingerprint density at radius 3 is 2.74 bits per heavy atom. The van der Waals surface area contributed by atoms with Gasteiger partial charge in [0.05, 0.1) is 30.3 Å². The second-order valence-electron chi connectivity index (χ2n) is 4.64. The van der Waals surface area contributed by atoms with Gasteiger partial charge in [0.2, 0.25) is 0 Å². The third-order valence-electron chi connectivity index (χ3n) is 3.55. The van der Waals surface area contributed by atoms with Crippen LogP contribution in [0.5, 0.6) is 0 Å². The van der Waals surface area contributed by atoms with Crippen molar-refractivity contribution in [3.63, 3.8) is 0 Å². The number of nitrogens with one attached hydrogen (secondary N) is 2. The molecule has 2 unspecified atom stereocenters. The summed E-state index contributed by atoms with van der Waals surface area (Å²) in [4.78, 5) is 11.0. The van der Waals surface area contributed by atoms with Gasteiger partial charge in [-0.1, -0.05) is 0 Å². The van der Waals surface area contributed by atoms with E-state index in [0.29, 0.717) is 22.4 Å². The summed E-state index contributed by atoms with van der Waals surface area (Å²) in [6.45, 7) is -0.256. The van der Waals surface area contributed by atoms with Crippen molar-refractivity contribution in [2.45, 2.75) is 24.3 Å². The fourth-order valence-corrected chi connectivity index (χ4v) is 2.51. The summed E-state index contributed by atoms with van der Waals surface area (Å²) in [5, 5.41) is 32.0. The number of aromatic amines is 1. The largest absolute Gasteiger partial charge is 0.395 e. The predicted octanol–water partition coefficient (Wildman–Crippen LogP) is -1.73. The SMILES string of the molecule is Nc1ncnc2c(C3N[C@H](CO)[C@@H](O)C3O)c[nH]c12. The van der Waals surface area contributed by atoms with Crippen LogP contribution in [0.2, 0.25) is 0 Å². The third-order valence-corrected chi connectivity index (χ3v) is 3.55. The molecule has 4 atom stereocenters. The Kier molecular flexibility index (Phi) is 2.86. The number of aliphatic hydroxyl groups excluding tert-OH is 3. The van der Waals surface area contributed by atoms with Gasteiger partial charge in [-0.2, -0.15) is 0 Å². The van der Waals surface area contributed by atoms with E-state index in [-0.39, 0.29) is 6.61 Å². The van der Waals surface area contributed by atoms with Crippen LogP contribution in [0.15, 0.2) is 12.5 Å². The second-order valence-corrected chi connectivity index (χ2v) is 4.64. The zero-order chi connectivity index (χ0) is 13.6. The molecule has 102 valence electrons. The number of H-pyrrole nitrogens is 1. The van der Waals surface area contributed by atoms with Gasteiger partial charge in [-0.05, 0) is 0 Å². The van der Waals surface area contributed by atoms with Gasteiger partial charge in [0.25, 0.3) is 0 Å². The van der Waals surface area contributed by atoms with Gasteiger partial charge in [-0.25, -0.2) is 9.97 Å². The number of rotatable bonds is 2. The highest BCUT2D eigenvalue weighted by molar-refractivity contribution is 5.87. The average Bonchev–Trinajstić information content (AvgIpc) is 2.94. The molecule has 8 nitrogen and oxygen atoms in total. The van der Waals surface area contributed by atoms with Crippen LogP contribution in [-0.4, -0.2) is 55.1 Å². The van der Waals surface area contributed by atoms with E-state index in [1.54, 1.807) is 6.20 Å². The molecule has 0 saturated carbocycles. The maximum Gasteiger partial charge on any atom is 0.151 e. The van der Waals surface area contributed by atoms with Gasteiger partial charge in [0.1, 0.15) is 17.9 Å². The number of aliphatic hydroxyl groups is 3. The van der Waals surface area contributed by atoms with Crippen molar-refractivity contribution in [3.05, 3.63) is 18.1 Å². The number of nitrogens with zero attached hydrogens (tertiary/aromatic N) is 2. The van der Waals surface area contributed by atoms with Crippen molar-refractivity contribution in [2.75, 3.05) is 12.3 Å². The number of hydrogen-bond donors (Lipinski definition) is 6. The Hall–Kier alpha value is -1.74. The number of nitrogens with two attached hydrogens (primary N) is 1. The van der Waals surface area contributed by atoms with Crippen LogP contribution in [0.1, 0.15) is 11.6 Å². The van der Waals surface area contributed by atoms with Crippen LogP contribution >= 0.6 is 0 Å². The van der Waals surface area contributed by atoms with Crippen LogP contribution in [0.4, 0.5) is 5.82 Å². The lowest BCUT2D eigenvalue weighted by molar-refractivity contribution is 0.0196. The fourth-order valence-electron chi connectivity index (χ4n) is 2.51. The molecule has 0 radical (unpaired) electrons. The Morgan fingerprint density at radius 2 is 2.05 bits per heavy atom. The smallest absolute Gasteiger partial charge is 0.151 e. The highest BCUT2D eigenvalue weighted by Crippen LogP contribution is 2.32. The highest BCUT2D eigenvalue weighted by atomic mass is 16.3. The average molecular weight is 265 g/mol. The summed E-state index contributed by atoms with van der Waals surface area (Å²) in [6, 6.07) is -1.08. The molecule has 1 fully saturated rings. The fraction of sp³-hybridized carbons (Fsp3) is 0.455. The van der Waals surface area contributed by atoms with E-state index < -0.39 is 24.3 Å². The zero-order valence-electron chi connectivity index (χ0n) is 9.98. The second kappa shape index (κ2) is 4.42. The summed E-state index contributed by atoms with van der Waals surface area (Å²) in [7, 11) is 0. The molecule has 2 aromatic heterocycles. The summed E-state index contributed by atoms with van der Waals surface area (Å²) < 4.78 is 0. The number of anilines is 1. The topological polar surface area (TPSA) is 140 Å². The van der Waals surface area contributed by atoms with Crippen molar-refractivity contribution in [1.29, 1.82) is 0 Å². The molecule has 1 aliphatic rings. The van der Waals surface area contributed by atoms with E-state index in [2.05, 4.69) is 20.3 Å². The monoisotopic (exact) mass is 265 g/mol. The lowest BCUT2D eigenvalue weighted by atomic mass is 10.0. The highest BCUT2D eigenvalue weighted by Gasteiger charge is 2.42. The Labute approximate surface area is 108 Å². The molecule has 3 heterocycles. The number of hydrogen-bond acceptors (Lipinski definition) is 7. The van der Waals surface area contributed by atoms with E-state index in [0.717, 1.165) is 0 Å². The number of fused-ring (bicyclic) bond motifs is 1. The van der Waals surface area contributed by atoms with Crippen molar-refractivity contribution in [1.82, 2.24) is 20.3 Å².